The highest BCUT2D eigenvalue weighted by atomic mass is 32.1. The predicted molar refractivity (Wildman–Crippen MR) is 78.5 cm³/mol. The summed E-state index contributed by atoms with van der Waals surface area (Å²) in [5.74, 6) is 1.08. The van der Waals surface area contributed by atoms with Gasteiger partial charge in [0.25, 0.3) is 5.89 Å². The van der Waals surface area contributed by atoms with Crippen LogP contribution in [0.2, 0.25) is 0 Å². The van der Waals surface area contributed by atoms with Gasteiger partial charge < -0.3 is 10.3 Å². The van der Waals surface area contributed by atoms with Gasteiger partial charge in [0.05, 0.1) is 22.7 Å². The highest BCUT2D eigenvalue weighted by Crippen LogP contribution is 2.28. The van der Waals surface area contributed by atoms with Crippen molar-refractivity contribution < 1.29 is 4.52 Å². The molecule has 5 nitrogen and oxygen atoms in total. The van der Waals surface area contributed by atoms with Crippen LogP contribution < -0.4 is 5.73 Å². The van der Waals surface area contributed by atoms with Gasteiger partial charge in [-0.15, -0.1) is 11.3 Å². The molecule has 3 rings (SSSR count). The summed E-state index contributed by atoms with van der Waals surface area (Å²) in [6, 6.07) is 5.71. The molecule has 102 valence electrons. The topological polar surface area (TPSA) is 77.8 Å². The summed E-state index contributed by atoms with van der Waals surface area (Å²) < 4.78 is 5.33. The molecule has 0 saturated heterocycles. The van der Waals surface area contributed by atoms with Crippen LogP contribution >= 0.6 is 11.3 Å². The lowest BCUT2D eigenvalue weighted by molar-refractivity contribution is 0.423. The first-order valence-electron chi connectivity index (χ1n) is 6.22. The van der Waals surface area contributed by atoms with Gasteiger partial charge in [-0.25, -0.2) is 4.98 Å². The number of nitrogen functional groups attached to an aromatic ring is 1. The van der Waals surface area contributed by atoms with Crippen LogP contribution in [0.15, 0.2) is 28.1 Å². The highest BCUT2D eigenvalue weighted by molar-refractivity contribution is 7.09. The van der Waals surface area contributed by atoms with Crippen LogP contribution in [0.1, 0.15) is 22.1 Å². The lowest BCUT2D eigenvalue weighted by Crippen LogP contribution is -1.94. The first kappa shape index (κ1) is 12.8. The van der Waals surface area contributed by atoms with E-state index in [1.807, 2.05) is 37.4 Å². The van der Waals surface area contributed by atoms with E-state index < -0.39 is 0 Å². The van der Waals surface area contributed by atoms with Crippen LogP contribution in [0.4, 0.5) is 5.69 Å². The average molecular weight is 286 g/mol. The maximum Gasteiger partial charge on any atom is 0.260 e. The molecule has 20 heavy (non-hydrogen) atoms. The van der Waals surface area contributed by atoms with Crippen molar-refractivity contribution in [2.24, 2.45) is 0 Å². The van der Waals surface area contributed by atoms with Crippen LogP contribution in [-0.4, -0.2) is 15.1 Å². The monoisotopic (exact) mass is 286 g/mol. The summed E-state index contributed by atoms with van der Waals surface area (Å²) in [5, 5.41) is 7.04. The highest BCUT2D eigenvalue weighted by Gasteiger charge is 2.14. The molecule has 2 N–H and O–H groups in total. The Morgan fingerprint density at radius 3 is 2.80 bits per heavy atom. The van der Waals surface area contributed by atoms with Crippen molar-refractivity contribution in [1.82, 2.24) is 15.1 Å². The van der Waals surface area contributed by atoms with Crippen molar-refractivity contribution in [3.8, 4) is 11.5 Å². The van der Waals surface area contributed by atoms with E-state index in [0.717, 1.165) is 21.8 Å². The molecule has 1 aromatic carbocycles. The number of hydrogen-bond donors (Lipinski definition) is 1. The molecule has 0 fully saturated rings. The quantitative estimate of drug-likeness (QED) is 0.749. The maximum atomic E-state index is 5.98. The fraction of sp³-hybridized carbons (Fsp3) is 0.214. The number of aromatic nitrogens is 3. The van der Waals surface area contributed by atoms with Crippen LogP contribution in [0, 0.1) is 13.8 Å². The van der Waals surface area contributed by atoms with E-state index in [9.17, 15) is 0 Å². The Kier molecular flexibility index (Phi) is 3.23. The first-order valence-corrected chi connectivity index (χ1v) is 7.10. The minimum absolute atomic E-state index is 0.461. The molecule has 0 radical (unpaired) electrons. The largest absolute Gasteiger partial charge is 0.398 e. The van der Waals surface area contributed by atoms with Crippen molar-refractivity contribution in [3.05, 3.63) is 45.7 Å². The predicted octanol–water partition coefficient (Wildman–Crippen LogP) is 2.98. The van der Waals surface area contributed by atoms with Gasteiger partial charge >= 0.3 is 0 Å². The molecule has 2 aromatic heterocycles. The zero-order valence-electron chi connectivity index (χ0n) is 11.3. The van der Waals surface area contributed by atoms with Crippen molar-refractivity contribution in [2.75, 3.05) is 5.73 Å². The van der Waals surface area contributed by atoms with Gasteiger partial charge in [0.15, 0.2) is 5.82 Å². The van der Waals surface area contributed by atoms with E-state index in [2.05, 4.69) is 15.1 Å². The van der Waals surface area contributed by atoms with Gasteiger partial charge in [0, 0.05) is 11.1 Å². The second kappa shape index (κ2) is 5.05. The SMILES string of the molecule is Cc1nc(Cc2noc(-c3c(C)cccc3N)n2)cs1. The van der Waals surface area contributed by atoms with Crippen LogP contribution in [0.25, 0.3) is 11.5 Å². The fourth-order valence-corrected chi connectivity index (χ4v) is 2.67. The van der Waals surface area contributed by atoms with Gasteiger partial charge in [-0.2, -0.15) is 4.98 Å². The van der Waals surface area contributed by atoms with E-state index in [-0.39, 0.29) is 0 Å². The summed E-state index contributed by atoms with van der Waals surface area (Å²) in [6.45, 7) is 3.95. The third-order valence-electron chi connectivity index (χ3n) is 2.99. The lowest BCUT2D eigenvalue weighted by Gasteiger charge is -2.03. The molecule has 0 unspecified atom stereocenters. The molecule has 0 aliphatic rings. The van der Waals surface area contributed by atoms with Crippen LogP contribution in [-0.2, 0) is 6.42 Å². The van der Waals surface area contributed by atoms with E-state index in [4.69, 9.17) is 10.3 Å². The Morgan fingerprint density at radius 2 is 2.10 bits per heavy atom. The molecule has 0 atom stereocenters. The van der Waals surface area contributed by atoms with Crippen molar-refractivity contribution in [3.63, 3.8) is 0 Å². The van der Waals surface area contributed by atoms with Gasteiger partial charge in [-0.1, -0.05) is 17.3 Å². The third kappa shape index (κ3) is 2.42. The zero-order chi connectivity index (χ0) is 14.1. The van der Waals surface area contributed by atoms with Crippen LogP contribution in [0.5, 0.6) is 0 Å². The normalized spacial score (nSPS) is 10.9. The third-order valence-corrected chi connectivity index (χ3v) is 3.82. The number of anilines is 1. The summed E-state index contributed by atoms with van der Waals surface area (Å²) in [7, 11) is 0. The Labute approximate surface area is 120 Å². The smallest absolute Gasteiger partial charge is 0.260 e. The number of benzene rings is 1. The van der Waals surface area contributed by atoms with Gasteiger partial charge in [-0.3, -0.25) is 0 Å². The Hall–Kier alpha value is -2.21. The summed E-state index contributed by atoms with van der Waals surface area (Å²) in [5.41, 5.74) is 9.40. The van der Waals surface area contributed by atoms with Crippen LogP contribution in [0.3, 0.4) is 0 Å². The van der Waals surface area contributed by atoms with Crippen molar-refractivity contribution in [2.45, 2.75) is 20.3 Å². The average Bonchev–Trinajstić information content (AvgIpc) is 3.00. The molecule has 6 heteroatoms. The van der Waals surface area contributed by atoms with Crippen molar-refractivity contribution >= 4 is 17.0 Å². The molecule has 0 bridgehead atoms. The Morgan fingerprint density at radius 1 is 1.25 bits per heavy atom. The number of hydrogen-bond acceptors (Lipinski definition) is 6. The fourth-order valence-electron chi connectivity index (χ4n) is 2.06. The molecule has 0 saturated carbocycles. The Balaban J connectivity index is 1.90. The summed E-state index contributed by atoms with van der Waals surface area (Å²) >= 11 is 1.61. The zero-order valence-corrected chi connectivity index (χ0v) is 12.1. The number of aryl methyl sites for hydroxylation is 2. The van der Waals surface area contributed by atoms with Crippen molar-refractivity contribution in [1.29, 1.82) is 0 Å². The number of rotatable bonds is 3. The lowest BCUT2D eigenvalue weighted by atomic mass is 10.1. The summed E-state index contributed by atoms with van der Waals surface area (Å²) in [6.07, 6.45) is 0.569. The number of nitrogens with two attached hydrogens (primary N) is 1. The first-order chi connectivity index (χ1) is 9.63. The van der Waals surface area contributed by atoms with Gasteiger partial charge in [-0.05, 0) is 25.5 Å². The summed E-state index contributed by atoms with van der Waals surface area (Å²) in [4.78, 5) is 8.81. The van der Waals surface area contributed by atoms with E-state index in [1.54, 1.807) is 11.3 Å². The molecular weight excluding hydrogens is 272 g/mol. The second-order valence-corrected chi connectivity index (χ2v) is 5.65. The Bertz CT molecular complexity index is 727. The molecule has 2 heterocycles. The van der Waals surface area contributed by atoms with E-state index >= 15 is 0 Å². The molecule has 0 spiro atoms. The van der Waals surface area contributed by atoms with E-state index in [1.165, 1.54) is 0 Å². The standard InChI is InChI=1S/C14H14N4OS/c1-8-4-3-5-11(15)13(8)14-17-12(18-19-14)6-10-7-20-9(2)16-10/h3-5,7H,6,15H2,1-2H3. The molecular formula is C14H14N4OS. The molecule has 0 amide bonds. The molecule has 0 aliphatic heterocycles. The van der Waals surface area contributed by atoms with Gasteiger partial charge in [0.2, 0.25) is 0 Å². The second-order valence-electron chi connectivity index (χ2n) is 4.59. The van der Waals surface area contributed by atoms with Gasteiger partial charge in [0.1, 0.15) is 0 Å². The molecule has 0 aliphatic carbocycles. The number of nitrogens with zero attached hydrogens (tertiary/aromatic N) is 3. The minimum Gasteiger partial charge on any atom is -0.398 e. The maximum absolute atomic E-state index is 5.98. The number of thiazole rings is 1. The van der Waals surface area contributed by atoms with E-state index in [0.29, 0.717) is 23.8 Å². The molecule has 3 aromatic rings. The minimum atomic E-state index is 0.461.